The number of amides is 1. The largest absolute Gasteiger partial charge is 0.435 e. The van der Waals surface area contributed by atoms with E-state index in [1.165, 1.54) is 12.1 Å². The molecule has 1 N–H and O–H groups in total. The fraction of sp³-hybridized carbons (Fsp3) is 0.467. The molecule has 0 aliphatic carbocycles. The molecular formula is C15H18F2N2O4S. The minimum atomic E-state index is -3.01. The number of carbonyl (C=O) groups is 1. The van der Waals surface area contributed by atoms with Crippen molar-refractivity contribution < 1.29 is 26.7 Å². The van der Waals surface area contributed by atoms with Gasteiger partial charge < -0.3 is 4.74 Å². The molecule has 1 aliphatic heterocycles. The van der Waals surface area contributed by atoms with E-state index in [2.05, 4.69) is 15.3 Å². The molecule has 1 aliphatic rings. The summed E-state index contributed by atoms with van der Waals surface area (Å²) in [4.78, 5) is 11.8. The van der Waals surface area contributed by atoms with Crippen molar-refractivity contribution in [2.24, 2.45) is 11.0 Å². The van der Waals surface area contributed by atoms with Crippen molar-refractivity contribution in [2.45, 2.75) is 26.4 Å². The van der Waals surface area contributed by atoms with Crippen molar-refractivity contribution in [3.05, 3.63) is 29.8 Å². The first-order valence-corrected chi connectivity index (χ1v) is 9.16. The molecule has 6 nitrogen and oxygen atoms in total. The number of hydrogen-bond acceptors (Lipinski definition) is 5. The summed E-state index contributed by atoms with van der Waals surface area (Å²) in [6.45, 7) is -1.23. The third kappa shape index (κ3) is 5.55. The number of alkyl halides is 2. The van der Waals surface area contributed by atoms with Crippen LogP contribution in [0.5, 0.6) is 5.75 Å². The Hall–Kier alpha value is -2.03. The highest BCUT2D eigenvalue weighted by molar-refractivity contribution is 7.91. The number of hydrogen-bond donors (Lipinski definition) is 1. The number of carbonyl (C=O) groups excluding carboxylic acids is 1. The Labute approximate surface area is 138 Å². The van der Waals surface area contributed by atoms with Gasteiger partial charge in [0.05, 0.1) is 17.2 Å². The van der Waals surface area contributed by atoms with Gasteiger partial charge in [-0.05, 0) is 49.1 Å². The van der Waals surface area contributed by atoms with Gasteiger partial charge in [-0.25, -0.2) is 13.8 Å². The van der Waals surface area contributed by atoms with Crippen LogP contribution in [0, 0.1) is 5.92 Å². The summed E-state index contributed by atoms with van der Waals surface area (Å²) in [6.07, 6.45) is 0.598. The van der Waals surface area contributed by atoms with Crippen LogP contribution in [0.3, 0.4) is 0 Å². The van der Waals surface area contributed by atoms with Gasteiger partial charge in [0.15, 0.2) is 9.84 Å². The number of hydrazone groups is 1. The fourth-order valence-electron chi connectivity index (χ4n) is 2.43. The minimum Gasteiger partial charge on any atom is -0.435 e. The number of sulfone groups is 1. The number of rotatable bonds is 6. The molecule has 0 aromatic heterocycles. The second-order valence-corrected chi connectivity index (χ2v) is 7.84. The molecule has 0 spiro atoms. The third-order valence-electron chi connectivity index (χ3n) is 3.65. The zero-order valence-corrected chi connectivity index (χ0v) is 13.9. The quantitative estimate of drug-likeness (QED) is 0.621. The van der Waals surface area contributed by atoms with Crippen LogP contribution >= 0.6 is 0 Å². The lowest BCUT2D eigenvalue weighted by molar-refractivity contribution is -0.121. The van der Waals surface area contributed by atoms with Crippen LogP contribution in [0.4, 0.5) is 8.78 Å². The second-order valence-electron chi connectivity index (χ2n) is 5.61. The molecule has 0 unspecified atom stereocenters. The molecule has 24 heavy (non-hydrogen) atoms. The van der Waals surface area contributed by atoms with Crippen LogP contribution in [0.25, 0.3) is 0 Å². The molecule has 0 radical (unpaired) electrons. The van der Waals surface area contributed by atoms with Gasteiger partial charge >= 0.3 is 6.61 Å². The molecule has 1 fully saturated rings. The topological polar surface area (TPSA) is 84.8 Å². The van der Waals surface area contributed by atoms with E-state index in [-0.39, 0.29) is 35.5 Å². The standard InChI is InChI=1S/C15H18F2N2O4S/c1-10(12-2-4-13(5-3-12)23-15(16)17)18-19-14(20)8-11-6-7-24(21,22)9-11/h2-5,11,15H,6-9H2,1H3,(H,19,20)/b18-10-/t11-/m0/s1. The predicted octanol–water partition coefficient (Wildman–Crippen LogP) is 1.95. The minimum absolute atomic E-state index is 0.0352. The van der Waals surface area contributed by atoms with Crippen molar-refractivity contribution in [3.63, 3.8) is 0 Å². The maximum atomic E-state index is 12.1. The first-order valence-electron chi connectivity index (χ1n) is 7.34. The highest BCUT2D eigenvalue weighted by Gasteiger charge is 2.29. The van der Waals surface area contributed by atoms with Gasteiger partial charge in [-0.3, -0.25) is 4.79 Å². The zero-order valence-electron chi connectivity index (χ0n) is 13.0. The average molecular weight is 360 g/mol. The molecule has 1 aromatic carbocycles. The molecular weight excluding hydrogens is 342 g/mol. The molecule has 1 amide bonds. The van der Waals surface area contributed by atoms with E-state index in [1.54, 1.807) is 19.1 Å². The van der Waals surface area contributed by atoms with E-state index in [1.807, 2.05) is 0 Å². The van der Waals surface area contributed by atoms with E-state index in [9.17, 15) is 22.0 Å². The van der Waals surface area contributed by atoms with E-state index >= 15 is 0 Å². The van der Waals surface area contributed by atoms with Crippen LogP contribution in [-0.2, 0) is 14.6 Å². The normalized spacial score (nSPS) is 20.2. The molecule has 2 rings (SSSR count). The van der Waals surface area contributed by atoms with Gasteiger partial charge in [-0.15, -0.1) is 0 Å². The van der Waals surface area contributed by atoms with Gasteiger partial charge in [0.2, 0.25) is 5.91 Å². The molecule has 0 bridgehead atoms. The Morgan fingerprint density at radius 2 is 2.04 bits per heavy atom. The van der Waals surface area contributed by atoms with Crippen molar-refractivity contribution in [1.29, 1.82) is 0 Å². The number of nitrogens with zero attached hydrogens (tertiary/aromatic N) is 1. The van der Waals surface area contributed by atoms with Crippen LogP contribution < -0.4 is 10.2 Å². The van der Waals surface area contributed by atoms with Crippen LogP contribution in [0.15, 0.2) is 29.4 Å². The van der Waals surface area contributed by atoms with E-state index in [0.29, 0.717) is 17.7 Å². The highest BCUT2D eigenvalue weighted by Crippen LogP contribution is 2.21. The number of benzene rings is 1. The number of halogens is 2. The number of nitrogens with one attached hydrogen (secondary N) is 1. The lowest BCUT2D eigenvalue weighted by Gasteiger charge is -2.07. The Bertz CT molecular complexity index is 717. The lowest BCUT2D eigenvalue weighted by Crippen LogP contribution is -2.22. The van der Waals surface area contributed by atoms with Gasteiger partial charge in [0.25, 0.3) is 0 Å². The van der Waals surface area contributed by atoms with Crippen molar-refractivity contribution in [3.8, 4) is 5.75 Å². The zero-order chi connectivity index (χ0) is 17.7. The first kappa shape index (κ1) is 18.3. The van der Waals surface area contributed by atoms with Crippen LogP contribution in [0.2, 0.25) is 0 Å². The van der Waals surface area contributed by atoms with E-state index < -0.39 is 16.4 Å². The second kappa shape index (κ2) is 7.69. The van der Waals surface area contributed by atoms with Gasteiger partial charge in [0, 0.05) is 6.42 Å². The van der Waals surface area contributed by atoms with Crippen LogP contribution in [-0.4, -0.2) is 38.2 Å². The molecule has 0 saturated carbocycles. The van der Waals surface area contributed by atoms with Gasteiger partial charge in [0.1, 0.15) is 5.75 Å². The van der Waals surface area contributed by atoms with Gasteiger partial charge in [-0.2, -0.15) is 13.9 Å². The van der Waals surface area contributed by atoms with Crippen molar-refractivity contribution in [2.75, 3.05) is 11.5 Å². The summed E-state index contributed by atoms with van der Waals surface area (Å²) in [5, 5.41) is 3.94. The number of ether oxygens (including phenoxy) is 1. The predicted molar refractivity (Wildman–Crippen MR) is 84.8 cm³/mol. The average Bonchev–Trinajstić information content (AvgIpc) is 2.83. The summed E-state index contributed by atoms with van der Waals surface area (Å²) < 4.78 is 51.1. The van der Waals surface area contributed by atoms with Gasteiger partial charge in [-0.1, -0.05) is 0 Å². The monoisotopic (exact) mass is 360 g/mol. The molecule has 1 aromatic rings. The Morgan fingerprint density at radius 3 is 2.58 bits per heavy atom. The molecule has 1 saturated heterocycles. The molecule has 1 atom stereocenters. The van der Waals surface area contributed by atoms with Crippen molar-refractivity contribution in [1.82, 2.24) is 5.43 Å². The molecule has 9 heteroatoms. The van der Waals surface area contributed by atoms with E-state index in [4.69, 9.17) is 0 Å². The lowest BCUT2D eigenvalue weighted by atomic mass is 10.1. The molecule has 1 heterocycles. The molecule has 132 valence electrons. The maximum Gasteiger partial charge on any atom is 0.387 e. The highest BCUT2D eigenvalue weighted by atomic mass is 32.2. The summed E-state index contributed by atoms with van der Waals surface area (Å²) in [7, 11) is -3.01. The fourth-order valence-corrected chi connectivity index (χ4v) is 4.29. The maximum absolute atomic E-state index is 12.1. The van der Waals surface area contributed by atoms with Crippen molar-refractivity contribution >= 4 is 21.5 Å². The Kier molecular flexibility index (Phi) is 5.87. The summed E-state index contributed by atoms with van der Waals surface area (Å²) in [6, 6.07) is 5.86. The summed E-state index contributed by atoms with van der Waals surface area (Å²) in [5.74, 6) is -0.326. The SMILES string of the molecule is C/C(=N/NC(=O)C[C@@H]1CCS(=O)(=O)C1)c1ccc(OC(F)F)cc1. The van der Waals surface area contributed by atoms with Crippen LogP contribution in [0.1, 0.15) is 25.3 Å². The third-order valence-corrected chi connectivity index (χ3v) is 5.48. The Balaban J connectivity index is 1.87. The first-order chi connectivity index (χ1) is 11.2. The smallest absolute Gasteiger partial charge is 0.387 e. The summed E-state index contributed by atoms with van der Waals surface area (Å²) in [5.41, 5.74) is 3.52. The van der Waals surface area contributed by atoms with E-state index in [0.717, 1.165) is 0 Å². The summed E-state index contributed by atoms with van der Waals surface area (Å²) >= 11 is 0. The Morgan fingerprint density at radius 1 is 1.38 bits per heavy atom.